The number of nitrogens with two attached hydrogens (primary N) is 1. The summed E-state index contributed by atoms with van der Waals surface area (Å²) in [7, 11) is 3.35. The van der Waals surface area contributed by atoms with Crippen LogP contribution in [0.15, 0.2) is 18.2 Å². The molecule has 0 saturated carbocycles. The van der Waals surface area contributed by atoms with E-state index in [1.54, 1.807) is 14.2 Å². The second-order valence-corrected chi connectivity index (χ2v) is 5.32. The molecule has 1 aliphatic rings. The topological polar surface area (TPSA) is 47.7 Å². The SMILES string of the molecule is COc1cc(OC)cc(N2CCC(N)C(C)C2C)c1. The first kappa shape index (κ1) is 14.0. The zero-order valence-electron chi connectivity index (χ0n) is 12.2. The Morgan fingerprint density at radius 2 is 1.68 bits per heavy atom. The van der Waals surface area contributed by atoms with Crippen molar-refractivity contribution in [3.63, 3.8) is 0 Å². The van der Waals surface area contributed by atoms with Gasteiger partial charge in [0.2, 0.25) is 0 Å². The average molecular weight is 264 g/mol. The fourth-order valence-corrected chi connectivity index (χ4v) is 2.72. The summed E-state index contributed by atoms with van der Waals surface area (Å²) in [4.78, 5) is 2.39. The minimum Gasteiger partial charge on any atom is -0.497 e. The molecule has 3 atom stereocenters. The summed E-state index contributed by atoms with van der Waals surface area (Å²) < 4.78 is 10.7. The van der Waals surface area contributed by atoms with Crippen LogP contribution in [0.4, 0.5) is 5.69 Å². The molecule has 0 bridgehead atoms. The molecule has 0 aromatic heterocycles. The Hall–Kier alpha value is -1.42. The first-order valence-electron chi connectivity index (χ1n) is 6.82. The lowest BCUT2D eigenvalue weighted by molar-refractivity contribution is 0.315. The van der Waals surface area contributed by atoms with Crippen LogP contribution in [-0.4, -0.2) is 32.8 Å². The maximum Gasteiger partial charge on any atom is 0.124 e. The number of piperidine rings is 1. The first-order chi connectivity index (χ1) is 9.06. The van der Waals surface area contributed by atoms with E-state index in [2.05, 4.69) is 30.9 Å². The van der Waals surface area contributed by atoms with E-state index in [4.69, 9.17) is 15.2 Å². The Kier molecular flexibility index (Phi) is 4.20. The lowest BCUT2D eigenvalue weighted by Crippen LogP contribution is -2.51. The molecule has 0 aliphatic carbocycles. The molecule has 1 aromatic rings. The molecule has 1 heterocycles. The number of benzene rings is 1. The molecule has 1 fully saturated rings. The zero-order valence-corrected chi connectivity index (χ0v) is 12.2. The summed E-state index contributed by atoms with van der Waals surface area (Å²) in [6.45, 7) is 5.43. The minimum atomic E-state index is 0.291. The van der Waals surface area contributed by atoms with E-state index in [0.717, 1.165) is 30.2 Å². The smallest absolute Gasteiger partial charge is 0.124 e. The summed E-state index contributed by atoms with van der Waals surface area (Å²) in [5.74, 6) is 2.12. The Bertz CT molecular complexity index is 414. The number of nitrogens with zero attached hydrogens (tertiary/aromatic N) is 1. The zero-order chi connectivity index (χ0) is 14.0. The van der Waals surface area contributed by atoms with E-state index in [1.807, 2.05) is 6.07 Å². The molecule has 4 heteroatoms. The fraction of sp³-hybridized carbons (Fsp3) is 0.600. The summed E-state index contributed by atoms with van der Waals surface area (Å²) in [5.41, 5.74) is 7.29. The fourth-order valence-electron chi connectivity index (χ4n) is 2.72. The quantitative estimate of drug-likeness (QED) is 0.909. The van der Waals surface area contributed by atoms with Gasteiger partial charge in [-0.1, -0.05) is 6.92 Å². The van der Waals surface area contributed by atoms with Crippen LogP contribution in [-0.2, 0) is 0 Å². The van der Waals surface area contributed by atoms with Gasteiger partial charge in [0.25, 0.3) is 0 Å². The van der Waals surface area contributed by atoms with Gasteiger partial charge >= 0.3 is 0 Å². The predicted molar refractivity (Wildman–Crippen MR) is 78.1 cm³/mol. The van der Waals surface area contributed by atoms with E-state index in [0.29, 0.717) is 18.0 Å². The van der Waals surface area contributed by atoms with Gasteiger partial charge < -0.3 is 20.1 Å². The Morgan fingerprint density at radius 1 is 1.11 bits per heavy atom. The van der Waals surface area contributed by atoms with Crippen molar-refractivity contribution in [1.82, 2.24) is 0 Å². The second-order valence-electron chi connectivity index (χ2n) is 5.32. The predicted octanol–water partition coefficient (Wildman–Crippen LogP) is 2.27. The number of hydrogen-bond donors (Lipinski definition) is 1. The third-order valence-corrected chi connectivity index (χ3v) is 4.30. The van der Waals surface area contributed by atoms with Crippen molar-refractivity contribution in [2.45, 2.75) is 32.4 Å². The molecular formula is C15H24N2O2. The van der Waals surface area contributed by atoms with Gasteiger partial charge in [-0.2, -0.15) is 0 Å². The normalized spacial score (nSPS) is 27.2. The van der Waals surface area contributed by atoms with E-state index < -0.39 is 0 Å². The number of methoxy groups -OCH3 is 2. The standard InChI is InChI=1S/C15H24N2O2/c1-10-11(2)17(6-5-15(10)16)12-7-13(18-3)9-14(8-12)19-4/h7-11,15H,5-6,16H2,1-4H3. The number of ether oxygens (including phenoxy) is 2. The number of anilines is 1. The maximum atomic E-state index is 6.15. The van der Waals surface area contributed by atoms with Crippen LogP contribution in [0, 0.1) is 5.92 Å². The van der Waals surface area contributed by atoms with Crippen molar-refractivity contribution in [2.24, 2.45) is 11.7 Å². The molecule has 0 radical (unpaired) electrons. The van der Waals surface area contributed by atoms with Crippen LogP contribution in [0.25, 0.3) is 0 Å². The number of hydrogen-bond acceptors (Lipinski definition) is 4. The van der Waals surface area contributed by atoms with Gasteiger partial charge in [-0.05, 0) is 19.3 Å². The van der Waals surface area contributed by atoms with Crippen LogP contribution in [0.5, 0.6) is 11.5 Å². The highest BCUT2D eigenvalue weighted by Gasteiger charge is 2.30. The van der Waals surface area contributed by atoms with Crippen LogP contribution in [0.1, 0.15) is 20.3 Å². The van der Waals surface area contributed by atoms with Crippen molar-refractivity contribution >= 4 is 5.69 Å². The second kappa shape index (κ2) is 5.70. The summed E-state index contributed by atoms with van der Waals surface area (Å²) >= 11 is 0. The third-order valence-electron chi connectivity index (χ3n) is 4.30. The lowest BCUT2D eigenvalue weighted by atomic mass is 9.87. The van der Waals surface area contributed by atoms with Crippen LogP contribution in [0.2, 0.25) is 0 Å². The molecule has 0 amide bonds. The molecule has 106 valence electrons. The molecule has 1 aliphatic heterocycles. The van der Waals surface area contributed by atoms with Gasteiger partial charge in [-0.25, -0.2) is 0 Å². The van der Waals surface area contributed by atoms with Crippen molar-refractivity contribution in [3.05, 3.63) is 18.2 Å². The summed E-state index contributed by atoms with van der Waals surface area (Å²) in [6.07, 6.45) is 1.02. The average Bonchev–Trinajstić information content (AvgIpc) is 2.44. The van der Waals surface area contributed by atoms with Crippen molar-refractivity contribution < 1.29 is 9.47 Å². The van der Waals surface area contributed by atoms with E-state index in [9.17, 15) is 0 Å². The molecule has 1 saturated heterocycles. The highest BCUT2D eigenvalue weighted by atomic mass is 16.5. The monoisotopic (exact) mass is 264 g/mol. The van der Waals surface area contributed by atoms with E-state index in [1.165, 1.54) is 0 Å². The molecular weight excluding hydrogens is 240 g/mol. The van der Waals surface area contributed by atoms with Gasteiger partial charge in [0.1, 0.15) is 11.5 Å². The van der Waals surface area contributed by atoms with Crippen molar-refractivity contribution in [2.75, 3.05) is 25.7 Å². The van der Waals surface area contributed by atoms with Gasteiger partial charge in [-0.3, -0.25) is 0 Å². The van der Waals surface area contributed by atoms with Gasteiger partial charge in [0.15, 0.2) is 0 Å². The molecule has 2 rings (SSSR count). The van der Waals surface area contributed by atoms with Crippen LogP contribution < -0.4 is 20.1 Å². The Balaban J connectivity index is 2.30. The van der Waals surface area contributed by atoms with Crippen LogP contribution >= 0.6 is 0 Å². The van der Waals surface area contributed by atoms with Crippen molar-refractivity contribution in [1.29, 1.82) is 0 Å². The summed E-state index contributed by atoms with van der Waals surface area (Å²) in [6, 6.07) is 6.72. The minimum absolute atomic E-state index is 0.291. The van der Waals surface area contributed by atoms with Crippen molar-refractivity contribution in [3.8, 4) is 11.5 Å². The van der Waals surface area contributed by atoms with Gasteiger partial charge in [-0.15, -0.1) is 0 Å². The highest BCUT2D eigenvalue weighted by Crippen LogP contribution is 2.33. The largest absolute Gasteiger partial charge is 0.497 e. The Labute approximate surface area is 115 Å². The molecule has 3 unspecified atom stereocenters. The molecule has 0 spiro atoms. The first-order valence-corrected chi connectivity index (χ1v) is 6.82. The molecule has 2 N–H and O–H groups in total. The third kappa shape index (κ3) is 2.78. The van der Waals surface area contributed by atoms with Crippen LogP contribution in [0.3, 0.4) is 0 Å². The van der Waals surface area contributed by atoms with Gasteiger partial charge in [0, 0.05) is 42.5 Å². The lowest BCUT2D eigenvalue weighted by Gasteiger charge is -2.43. The maximum absolute atomic E-state index is 6.15. The van der Waals surface area contributed by atoms with E-state index >= 15 is 0 Å². The molecule has 4 nitrogen and oxygen atoms in total. The summed E-state index contributed by atoms with van der Waals surface area (Å²) in [5, 5.41) is 0. The molecule has 19 heavy (non-hydrogen) atoms. The number of rotatable bonds is 3. The molecule has 1 aromatic carbocycles. The van der Waals surface area contributed by atoms with E-state index in [-0.39, 0.29) is 0 Å². The highest BCUT2D eigenvalue weighted by molar-refractivity contribution is 5.56. The van der Waals surface area contributed by atoms with Gasteiger partial charge in [0.05, 0.1) is 14.2 Å². The Morgan fingerprint density at radius 3 is 2.21 bits per heavy atom.